The van der Waals surface area contributed by atoms with Gasteiger partial charge in [-0.3, -0.25) is 9.59 Å². The van der Waals surface area contributed by atoms with E-state index in [0.29, 0.717) is 51.5 Å². The number of ether oxygens (including phenoxy) is 6. The van der Waals surface area contributed by atoms with E-state index >= 15 is 4.79 Å². The maximum Gasteiger partial charge on any atom is 0.317 e. The van der Waals surface area contributed by atoms with E-state index in [1.165, 1.54) is 6.92 Å². The molecule has 0 spiro atoms. The number of aldehydes is 1. The molecule has 0 radical (unpaired) electrons. The van der Waals surface area contributed by atoms with Crippen LogP contribution in [0.4, 0.5) is 0 Å². The van der Waals surface area contributed by atoms with Gasteiger partial charge in [-0.1, -0.05) is 59.6 Å². The van der Waals surface area contributed by atoms with Crippen LogP contribution in [0.5, 0.6) is 0 Å². The van der Waals surface area contributed by atoms with Crippen molar-refractivity contribution < 1.29 is 88.8 Å². The Morgan fingerprint density at radius 1 is 0.795 bits per heavy atom. The van der Waals surface area contributed by atoms with Gasteiger partial charge in [-0.2, -0.15) is 0 Å². The number of carbonyl (C=O) groups is 3. The number of rotatable bonds is 14. The zero-order valence-corrected chi connectivity index (χ0v) is 43.5. The van der Waals surface area contributed by atoms with Crippen LogP contribution in [0.1, 0.15) is 126 Å². The van der Waals surface area contributed by atoms with Crippen molar-refractivity contribution in [3.63, 3.8) is 0 Å². The number of allylic oxidation sites excluding steroid dienone is 2. The van der Waals surface area contributed by atoms with Crippen LogP contribution in [0.3, 0.4) is 0 Å². The number of nitrogens with two attached hydrogens (primary N) is 1. The van der Waals surface area contributed by atoms with Crippen LogP contribution >= 0.6 is 0 Å². The molecule has 20 heteroatoms. The molecule has 0 aromatic rings. The van der Waals surface area contributed by atoms with Gasteiger partial charge in [0.15, 0.2) is 18.7 Å². The Morgan fingerprint density at radius 3 is 2.16 bits per heavy atom. The van der Waals surface area contributed by atoms with Crippen molar-refractivity contribution in [1.82, 2.24) is 5.32 Å². The molecule has 73 heavy (non-hydrogen) atoms. The van der Waals surface area contributed by atoms with Gasteiger partial charge in [0.1, 0.15) is 60.5 Å². The number of fused-ring (bicyclic) bond motifs is 10. The molecule has 3 aliphatic heterocycles. The second-order valence-corrected chi connectivity index (χ2v) is 25.3. The second-order valence-electron chi connectivity index (χ2n) is 25.3. The third kappa shape index (κ3) is 8.02. The number of nitrogens with one attached hydrogen (secondary N) is 1. The van der Waals surface area contributed by atoms with Gasteiger partial charge in [-0.15, -0.1) is 0 Å². The summed E-state index contributed by atoms with van der Waals surface area (Å²) in [7, 11) is 0. The summed E-state index contributed by atoms with van der Waals surface area (Å²) >= 11 is 0. The minimum absolute atomic E-state index is 0.0226. The first-order valence-electron chi connectivity index (χ1n) is 26.9. The molecular weight excluding hydrogens is 953 g/mol. The number of amides is 1. The van der Waals surface area contributed by atoms with Crippen LogP contribution in [0.25, 0.3) is 0 Å². The first kappa shape index (κ1) is 55.5. The Bertz CT molecular complexity index is 2120. The average Bonchev–Trinajstić information content (AvgIpc) is 3.33. The van der Waals surface area contributed by atoms with E-state index in [4.69, 9.17) is 34.2 Å². The largest absolute Gasteiger partial charge is 0.432 e. The number of unbranched alkanes of at least 4 members (excludes halogenated alkanes) is 2. The van der Waals surface area contributed by atoms with Gasteiger partial charge in [0.25, 0.3) is 0 Å². The lowest BCUT2D eigenvalue weighted by molar-refractivity contribution is -0.397. The predicted molar refractivity (Wildman–Crippen MR) is 256 cm³/mol. The fraction of sp³-hybridized carbons (Fsp3) is 0.906. The van der Waals surface area contributed by atoms with Crippen LogP contribution in [-0.2, 0) is 42.8 Å². The van der Waals surface area contributed by atoms with E-state index in [1.807, 2.05) is 0 Å². The normalized spacial score (nSPS) is 52.8. The molecule has 9 rings (SSSR count). The van der Waals surface area contributed by atoms with Crippen molar-refractivity contribution in [2.45, 2.75) is 224 Å². The lowest BCUT2D eigenvalue weighted by Gasteiger charge is -2.86. The Balaban J connectivity index is 1.01. The molecule has 13 unspecified atom stereocenters. The molecule has 9 aliphatic rings. The van der Waals surface area contributed by atoms with E-state index in [-0.39, 0.29) is 52.8 Å². The quantitative estimate of drug-likeness (QED) is 0.0479. The number of carbonyl (C=O) groups excluding carboxylic acids is 3. The first-order chi connectivity index (χ1) is 34.3. The van der Waals surface area contributed by atoms with Crippen molar-refractivity contribution >= 4 is 18.2 Å². The van der Waals surface area contributed by atoms with Crippen molar-refractivity contribution in [3.8, 4) is 0 Å². The molecule has 0 aromatic carbocycles. The fourth-order valence-electron chi connectivity index (χ4n) is 17.0. The average molecular weight is 1040 g/mol. The zero-order valence-electron chi connectivity index (χ0n) is 43.5. The van der Waals surface area contributed by atoms with Gasteiger partial charge in [-0.05, 0) is 123 Å². The van der Waals surface area contributed by atoms with E-state index < -0.39 is 145 Å². The number of aliphatic hydroxyl groups is 9. The van der Waals surface area contributed by atoms with Crippen LogP contribution < -0.4 is 11.1 Å². The molecule has 5 saturated carbocycles. The summed E-state index contributed by atoms with van der Waals surface area (Å²) in [5.41, 5.74) is 2.62. The SMILES string of the molecule is CC1O[C@@H](OC2C(O)[C@@H](NC(=O)CCCCCN)C(CO)O[C@H]2OC(=O)[C@]23CCC(C)(C)CC2C2=CCC4C5(C)[C@@H](CC[C@@]4(C)[C@]2(C)CC3O)[C@@]2(C=O)[C@@H](O)CC52C)C(O)C(O)[C@H]1O[C@@H]1OC[C@@H](O)C(O)C1O. The number of hydrogen-bond acceptors (Lipinski definition) is 19. The van der Waals surface area contributed by atoms with E-state index in [1.54, 1.807) is 0 Å². The smallest absolute Gasteiger partial charge is 0.317 e. The van der Waals surface area contributed by atoms with Crippen molar-refractivity contribution in [3.05, 3.63) is 11.6 Å². The standard InChI is InChI=1S/C53H84N2O18/c1-25-41(71-43-39(65)36(62)28(58)23-68-43)38(64)40(66)44(69-25)72-42-37(63)35(55-34(61)11-9-8-10-18-54)29(22-56)70-45(42)73-46(67)52-17-16-47(2,3)19-27(52)26-12-13-30-48(4,49(26,5)20-32(52)59)15-14-31-51(30,7)50(6)21-33(60)53(31,50)24-57/h12,24-25,27-33,35-45,56,58-60,62-66H,8-11,13-23,54H2,1-7H3,(H,55,61)/t25?,27?,28-,29?,30?,31-,32?,33+,35+,36?,37?,38?,39?,40?,41+,42?,43+,44+,45+,48-,49-,50?,51?,52-,53+/m1/s1. The molecule has 3 heterocycles. The lowest BCUT2D eigenvalue weighted by atomic mass is 9.17. The van der Waals surface area contributed by atoms with Crippen LogP contribution in [0.15, 0.2) is 11.6 Å². The van der Waals surface area contributed by atoms with E-state index in [2.05, 4.69) is 52.9 Å². The molecule has 20 nitrogen and oxygen atoms in total. The maximum atomic E-state index is 15.6. The fourth-order valence-corrected chi connectivity index (χ4v) is 17.0. The summed E-state index contributed by atoms with van der Waals surface area (Å²) in [5.74, 6) is -1.64. The summed E-state index contributed by atoms with van der Waals surface area (Å²) in [6.45, 7) is 14.1. The molecule has 414 valence electrons. The minimum Gasteiger partial charge on any atom is -0.432 e. The van der Waals surface area contributed by atoms with Gasteiger partial charge in [0.2, 0.25) is 12.2 Å². The summed E-state index contributed by atoms with van der Waals surface area (Å²) in [5, 5.41) is 104. The molecule has 1 amide bonds. The summed E-state index contributed by atoms with van der Waals surface area (Å²) in [4.78, 5) is 41.8. The molecule has 12 N–H and O–H groups in total. The third-order valence-corrected chi connectivity index (χ3v) is 21.6. The van der Waals surface area contributed by atoms with Gasteiger partial charge in [-0.25, -0.2) is 0 Å². The highest BCUT2D eigenvalue weighted by molar-refractivity contribution is 5.80. The van der Waals surface area contributed by atoms with Gasteiger partial charge < -0.3 is 90.2 Å². The molecular formula is C53H84N2O18. The molecule has 25 atom stereocenters. The maximum absolute atomic E-state index is 15.6. The van der Waals surface area contributed by atoms with Crippen molar-refractivity contribution in [2.24, 2.45) is 61.4 Å². The van der Waals surface area contributed by atoms with Crippen LogP contribution in [0, 0.1) is 55.7 Å². The van der Waals surface area contributed by atoms with Crippen LogP contribution in [-0.4, -0.2) is 182 Å². The highest BCUT2D eigenvalue weighted by atomic mass is 16.8. The molecule has 3 saturated heterocycles. The Kier molecular flexibility index (Phi) is 14.9. The van der Waals surface area contributed by atoms with Gasteiger partial charge in [0.05, 0.1) is 43.0 Å². The second kappa shape index (κ2) is 19.6. The highest BCUT2D eigenvalue weighted by Crippen LogP contribution is 2.88. The predicted octanol–water partition coefficient (Wildman–Crippen LogP) is 0.210. The Labute approximate surface area is 427 Å². The van der Waals surface area contributed by atoms with Crippen molar-refractivity contribution in [2.75, 3.05) is 19.8 Å². The molecule has 0 aromatic heterocycles. The number of hydrogen-bond donors (Lipinski definition) is 11. The van der Waals surface area contributed by atoms with Crippen molar-refractivity contribution in [1.29, 1.82) is 0 Å². The highest BCUT2D eigenvalue weighted by Gasteiger charge is 2.88. The minimum atomic E-state index is -1.93. The molecule has 0 bridgehead atoms. The summed E-state index contributed by atoms with van der Waals surface area (Å²) in [6.07, 6.45) is -13.3. The van der Waals surface area contributed by atoms with E-state index in [0.717, 1.165) is 24.7 Å². The first-order valence-corrected chi connectivity index (χ1v) is 26.9. The summed E-state index contributed by atoms with van der Waals surface area (Å²) in [6, 6.07) is -1.34. The number of esters is 1. The Hall–Kier alpha value is -2.25. The summed E-state index contributed by atoms with van der Waals surface area (Å²) < 4.78 is 36.2. The molecule has 6 aliphatic carbocycles. The van der Waals surface area contributed by atoms with Gasteiger partial charge >= 0.3 is 5.97 Å². The van der Waals surface area contributed by atoms with E-state index in [9.17, 15) is 55.5 Å². The Morgan fingerprint density at radius 2 is 1.49 bits per heavy atom. The topological polar surface area (TPSA) is 327 Å². The molecule has 8 fully saturated rings. The van der Waals surface area contributed by atoms with Crippen LogP contribution in [0.2, 0.25) is 0 Å². The third-order valence-electron chi connectivity index (χ3n) is 21.6. The van der Waals surface area contributed by atoms with Gasteiger partial charge in [0, 0.05) is 6.42 Å². The lowest BCUT2D eigenvalue weighted by Crippen LogP contribution is -2.86. The monoisotopic (exact) mass is 1040 g/mol. The zero-order chi connectivity index (χ0) is 53.2. The number of aliphatic hydroxyl groups excluding tert-OH is 9.